The van der Waals surface area contributed by atoms with Crippen LogP contribution in [0.4, 0.5) is 5.69 Å². The van der Waals surface area contributed by atoms with Gasteiger partial charge in [0, 0.05) is 23.3 Å². The number of unbranched alkanes of at least 4 members (excludes halogenated alkanes) is 2. The SMILES string of the molecule is CCCCCNC1CC(C)N(C(=O)c2ccccc2)c2ccccc21. The van der Waals surface area contributed by atoms with E-state index >= 15 is 0 Å². The van der Waals surface area contributed by atoms with Crippen LogP contribution in [0.2, 0.25) is 0 Å². The van der Waals surface area contributed by atoms with E-state index in [0.29, 0.717) is 6.04 Å². The Balaban J connectivity index is 1.84. The lowest BCUT2D eigenvalue weighted by molar-refractivity contribution is 0.0972. The Kier molecular flexibility index (Phi) is 5.87. The molecule has 0 spiro atoms. The highest BCUT2D eigenvalue weighted by Crippen LogP contribution is 2.37. The minimum Gasteiger partial charge on any atom is -0.310 e. The van der Waals surface area contributed by atoms with E-state index in [2.05, 4.69) is 37.4 Å². The zero-order chi connectivity index (χ0) is 17.6. The van der Waals surface area contributed by atoms with Gasteiger partial charge in [0.05, 0.1) is 0 Å². The van der Waals surface area contributed by atoms with Crippen LogP contribution < -0.4 is 10.2 Å². The maximum absolute atomic E-state index is 13.1. The molecule has 3 heteroatoms. The number of anilines is 1. The van der Waals surface area contributed by atoms with E-state index in [9.17, 15) is 4.79 Å². The minimum absolute atomic E-state index is 0.0879. The van der Waals surface area contributed by atoms with Crippen molar-refractivity contribution in [3.05, 3.63) is 65.7 Å². The maximum Gasteiger partial charge on any atom is 0.258 e. The third kappa shape index (κ3) is 3.93. The van der Waals surface area contributed by atoms with E-state index in [1.807, 2.05) is 41.3 Å². The predicted octanol–water partition coefficient (Wildman–Crippen LogP) is 4.95. The molecule has 2 unspecified atom stereocenters. The number of benzene rings is 2. The van der Waals surface area contributed by atoms with E-state index in [1.165, 1.54) is 24.8 Å². The number of hydrogen-bond acceptors (Lipinski definition) is 2. The van der Waals surface area contributed by atoms with Gasteiger partial charge in [-0.3, -0.25) is 4.79 Å². The molecule has 0 radical (unpaired) electrons. The van der Waals surface area contributed by atoms with E-state index in [4.69, 9.17) is 0 Å². The zero-order valence-electron chi connectivity index (χ0n) is 15.2. The summed E-state index contributed by atoms with van der Waals surface area (Å²) in [5, 5.41) is 3.70. The van der Waals surface area contributed by atoms with Crippen LogP contribution in [0.15, 0.2) is 54.6 Å². The fraction of sp³-hybridized carbons (Fsp3) is 0.409. The summed E-state index contributed by atoms with van der Waals surface area (Å²) in [6.07, 6.45) is 4.64. The first-order chi connectivity index (χ1) is 12.2. The van der Waals surface area contributed by atoms with Gasteiger partial charge in [-0.05, 0) is 50.1 Å². The summed E-state index contributed by atoms with van der Waals surface area (Å²) in [7, 11) is 0. The van der Waals surface area contributed by atoms with Crippen molar-refractivity contribution in [3.8, 4) is 0 Å². The quantitative estimate of drug-likeness (QED) is 0.757. The molecule has 1 aliphatic rings. The number of rotatable bonds is 6. The Morgan fingerprint density at radius 2 is 1.80 bits per heavy atom. The van der Waals surface area contributed by atoms with Crippen LogP contribution in [-0.2, 0) is 0 Å². The van der Waals surface area contributed by atoms with E-state index in [0.717, 1.165) is 24.2 Å². The maximum atomic E-state index is 13.1. The first-order valence-electron chi connectivity index (χ1n) is 9.43. The van der Waals surface area contributed by atoms with E-state index in [-0.39, 0.29) is 11.9 Å². The molecule has 1 N–H and O–H groups in total. The average molecular weight is 336 g/mol. The molecule has 0 aromatic heterocycles. The van der Waals surface area contributed by atoms with Crippen LogP contribution in [0, 0.1) is 0 Å². The summed E-state index contributed by atoms with van der Waals surface area (Å²) in [6.45, 7) is 5.41. The van der Waals surface area contributed by atoms with E-state index < -0.39 is 0 Å². The molecule has 1 heterocycles. The minimum atomic E-state index is 0.0879. The number of hydrogen-bond donors (Lipinski definition) is 1. The highest BCUT2D eigenvalue weighted by atomic mass is 16.2. The average Bonchev–Trinajstić information content (AvgIpc) is 2.65. The van der Waals surface area contributed by atoms with Gasteiger partial charge >= 0.3 is 0 Å². The lowest BCUT2D eigenvalue weighted by Crippen LogP contribution is -2.45. The van der Waals surface area contributed by atoms with Gasteiger partial charge < -0.3 is 10.2 Å². The normalized spacial score (nSPS) is 19.5. The second kappa shape index (κ2) is 8.30. The second-order valence-corrected chi connectivity index (χ2v) is 6.90. The van der Waals surface area contributed by atoms with Crippen LogP contribution >= 0.6 is 0 Å². The largest absolute Gasteiger partial charge is 0.310 e. The molecular formula is C22H28N2O. The summed E-state index contributed by atoms with van der Waals surface area (Å²) >= 11 is 0. The van der Waals surface area contributed by atoms with Crippen molar-refractivity contribution >= 4 is 11.6 Å². The van der Waals surface area contributed by atoms with Crippen LogP contribution in [0.1, 0.15) is 61.5 Å². The van der Waals surface area contributed by atoms with Gasteiger partial charge in [-0.1, -0.05) is 56.2 Å². The van der Waals surface area contributed by atoms with Crippen molar-refractivity contribution in [1.82, 2.24) is 5.32 Å². The molecule has 2 atom stereocenters. The first kappa shape index (κ1) is 17.7. The molecule has 2 aromatic carbocycles. The molecule has 0 fully saturated rings. The third-order valence-corrected chi connectivity index (χ3v) is 5.00. The predicted molar refractivity (Wildman–Crippen MR) is 104 cm³/mol. The molecule has 0 bridgehead atoms. The van der Waals surface area contributed by atoms with Crippen molar-refractivity contribution in [2.75, 3.05) is 11.4 Å². The number of carbonyl (C=O) groups excluding carboxylic acids is 1. The molecule has 1 aliphatic heterocycles. The molecule has 3 rings (SSSR count). The number of nitrogens with one attached hydrogen (secondary N) is 1. The standard InChI is InChI=1S/C22H28N2O/c1-3-4-10-15-23-20-16-17(2)24(21-14-9-8-13-19(20)21)22(25)18-11-6-5-7-12-18/h5-9,11-14,17,20,23H,3-4,10,15-16H2,1-2H3. The van der Waals surface area contributed by atoms with Gasteiger partial charge in [0.15, 0.2) is 0 Å². The number of carbonyl (C=O) groups is 1. The molecule has 132 valence electrons. The molecule has 0 saturated heterocycles. The summed E-state index contributed by atoms with van der Waals surface area (Å²) < 4.78 is 0. The Morgan fingerprint density at radius 3 is 2.56 bits per heavy atom. The van der Waals surface area contributed by atoms with E-state index in [1.54, 1.807) is 0 Å². The lowest BCUT2D eigenvalue weighted by Gasteiger charge is -2.40. The Labute approximate surface area is 151 Å². The summed E-state index contributed by atoms with van der Waals surface area (Å²) in [6, 6.07) is 18.4. The summed E-state index contributed by atoms with van der Waals surface area (Å²) in [4.78, 5) is 15.1. The number of para-hydroxylation sites is 1. The molecule has 3 nitrogen and oxygen atoms in total. The zero-order valence-corrected chi connectivity index (χ0v) is 15.2. The number of fused-ring (bicyclic) bond motifs is 1. The highest BCUT2D eigenvalue weighted by molar-refractivity contribution is 6.07. The van der Waals surface area contributed by atoms with Gasteiger partial charge in [0.1, 0.15) is 0 Å². The van der Waals surface area contributed by atoms with Crippen LogP contribution in [-0.4, -0.2) is 18.5 Å². The van der Waals surface area contributed by atoms with Crippen molar-refractivity contribution in [2.45, 2.75) is 51.6 Å². The van der Waals surface area contributed by atoms with Crippen LogP contribution in [0.5, 0.6) is 0 Å². The second-order valence-electron chi connectivity index (χ2n) is 6.90. The fourth-order valence-corrected chi connectivity index (χ4v) is 3.69. The lowest BCUT2D eigenvalue weighted by atomic mass is 9.91. The van der Waals surface area contributed by atoms with Gasteiger partial charge in [-0.2, -0.15) is 0 Å². The molecule has 25 heavy (non-hydrogen) atoms. The molecule has 0 aliphatic carbocycles. The molecule has 2 aromatic rings. The first-order valence-corrected chi connectivity index (χ1v) is 9.43. The Morgan fingerprint density at radius 1 is 1.08 bits per heavy atom. The van der Waals surface area contributed by atoms with Crippen molar-refractivity contribution in [3.63, 3.8) is 0 Å². The van der Waals surface area contributed by atoms with Gasteiger partial charge in [-0.25, -0.2) is 0 Å². The van der Waals surface area contributed by atoms with Crippen molar-refractivity contribution < 1.29 is 4.79 Å². The molecular weight excluding hydrogens is 308 g/mol. The highest BCUT2D eigenvalue weighted by Gasteiger charge is 2.33. The summed E-state index contributed by atoms with van der Waals surface area (Å²) in [5.41, 5.74) is 3.03. The van der Waals surface area contributed by atoms with Crippen molar-refractivity contribution in [2.24, 2.45) is 0 Å². The third-order valence-electron chi connectivity index (χ3n) is 5.00. The molecule has 1 amide bonds. The Bertz CT molecular complexity index is 698. The van der Waals surface area contributed by atoms with Crippen LogP contribution in [0.25, 0.3) is 0 Å². The topological polar surface area (TPSA) is 32.3 Å². The van der Waals surface area contributed by atoms with Gasteiger partial charge in [-0.15, -0.1) is 0 Å². The fourth-order valence-electron chi connectivity index (χ4n) is 3.69. The van der Waals surface area contributed by atoms with Crippen LogP contribution in [0.3, 0.4) is 0 Å². The van der Waals surface area contributed by atoms with Gasteiger partial charge in [0.2, 0.25) is 0 Å². The van der Waals surface area contributed by atoms with Crippen molar-refractivity contribution in [1.29, 1.82) is 0 Å². The molecule has 0 saturated carbocycles. The smallest absolute Gasteiger partial charge is 0.258 e. The summed E-state index contributed by atoms with van der Waals surface area (Å²) in [5.74, 6) is 0.0879. The monoisotopic (exact) mass is 336 g/mol. The Hall–Kier alpha value is -2.13. The van der Waals surface area contributed by atoms with Gasteiger partial charge in [0.25, 0.3) is 5.91 Å². The number of nitrogens with zero attached hydrogens (tertiary/aromatic N) is 1. The number of amides is 1.